The molecule has 2 N–H and O–H groups in total. The molecule has 0 saturated carbocycles. The number of aromatic nitrogens is 1. The summed E-state index contributed by atoms with van der Waals surface area (Å²) in [5, 5.41) is 4.97. The average molecular weight is 448 g/mol. The molecule has 158 valence electrons. The maximum Gasteiger partial charge on any atom is 0.257 e. The third-order valence-electron chi connectivity index (χ3n) is 3.81. The van der Waals surface area contributed by atoms with Crippen LogP contribution in [-0.4, -0.2) is 32.5 Å². The first-order valence-corrected chi connectivity index (χ1v) is 11.4. The molecule has 0 aliphatic carbocycles. The monoisotopic (exact) mass is 447 g/mol. The minimum Gasteiger partial charge on any atom is -0.491 e. The zero-order valence-corrected chi connectivity index (χ0v) is 18.2. The average Bonchev–Trinajstić information content (AvgIpc) is 3.20. The van der Waals surface area contributed by atoms with Gasteiger partial charge in [0.25, 0.3) is 5.91 Å². The molecule has 0 spiro atoms. The number of hydrogen-bond acceptors (Lipinski definition) is 7. The van der Waals surface area contributed by atoms with Gasteiger partial charge in [0, 0.05) is 23.2 Å². The van der Waals surface area contributed by atoms with Crippen LogP contribution in [0.1, 0.15) is 24.2 Å². The summed E-state index contributed by atoms with van der Waals surface area (Å²) >= 11 is 1.31. The molecule has 0 aliphatic heterocycles. The highest BCUT2D eigenvalue weighted by atomic mass is 32.2. The number of hydrogen-bond donors (Lipinski definition) is 2. The van der Waals surface area contributed by atoms with Gasteiger partial charge >= 0.3 is 0 Å². The van der Waals surface area contributed by atoms with Gasteiger partial charge in [-0.2, -0.15) is 0 Å². The maximum atomic E-state index is 12.6. The van der Waals surface area contributed by atoms with E-state index in [0.717, 1.165) is 0 Å². The van der Waals surface area contributed by atoms with E-state index < -0.39 is 10.0 Å². The quantitative estimate of drug-likeness (QED) is 0.543. The molecule has 30 heavy (non-hydrogen) atoms. The lowest BCUT2D eigenvalue weighted by molar-refractivity contribution is 0.102. The minimum atomic E-state index is -3.53. The van der Waals surface area contributed by atoms with Gasteiger partial charge in [0.2, 0.25) is 10.0 Å². The van der Waals surface area contributed by atoms with Crippen molar-refractivity contribution >= 4 is 32.4 Å². The molecule has 8 nitrogen and oxygen atoms in total. The van der Waals surface area contributed by atoms with E-state index in [0.29, 0.717) is 27.9 Å². The molecule has 10 heteroatoms. The van der Waals surface area contributed by atoms with Gasteiger partial charge in [0.15, 0.2) is 5.13 Å². The SMILES string of the molecule is CNS(=O)(=O)c1ccc(Oc2cc(OC(C)C)cc(C(=O)Nc3nccs3)c2)cc1. The largest absolute Gasteiger partial charge is 0.491 e. The van der Waals surface area contributed by atoms with Gasteiger partial charge in [-0.1, -0.05) is 0 Å². The molecule has 3 rings (SSSR count). The summed E-state index contributed by atoms with van der Waals surface area (Å²) in [4.78, 5) is 16.8. The van der Waals surface area contributed by atoms with E-state index in [1.54, 1.807) is 29.8 Å². The normalized spacial score (nSPS) is 11.3. The predicted octanol–water partition coefficient (Wildman–Crippen LogP) is 3.88. The summed E-state index contributed by atoms with van der Waals surface area (Å²) in [5.41, 5.74) is 0.340. The molecule has 1 heterocycles. The number of nitrogens with zero attached hydrogens (tertiary/aromatic N) is 1. The number of carbonyl (C=O) groups is 1. The summed E-state index contributed by atoms with van der Waals surface area (Å²) < 4.78 is 37.5. The first-order chi connectivity index (χ1) is 14.3. The molecule has 1 amide bonds. The van der Waals surface area contributed by atoms with Gasteiger partial charge in [0.1, 0.15) is 17.2 Å². The van der Waals surface area contributed by atoms with Crippen molar-refractivity contribution in [3.8, 4) is 17.2 Å². The smallest absolute Gasteiger partial charge is 0.257 e. The Hall–Kier alpha value is -2.95. The molecule has 0 bridgehead atoms. The lowest BCUT2D eigenvalue weighted by Gasteiger charge is -2.14. The Balaban J connectivity index is 1.86. The van der Waals surface area contributed by atoms with Crippen molar-refractivity contribution in [2.24, 2.45) is 0 Å². The van der Waals surface area contributed by atoms with Crippen molar-refractivity contribution in [1.29, 1.82) is 0 Å². The molecule has 0 aliphatic rings. The first-order valence-electron chi connectivity index (χ1n) is 9.01. The van der Waals surface area contributed by atoms with Crippen molar-refractivity contribution in [3.63, 3.8) is 0 Å². The number of thiazole rings is 1. The molecule has 0 fully saturated rings. The summed E-state index contributed by atoms with van der Waals surface area (Å²) in [6.45, 7) is 3.76. The minimum absolute atomic E-state index is 0.0962. The van der Waals surface area contributed by atoms with E-state index in [2.05, 4.69) is 15.0 Å². The number of carbonyl (C=O) groups excluding carboxylic acids is 1. The van der Waals surface area contributed by atoms with Crippen LogP contribution in [0.4, 0.5) is 5.13 Å². The summed E-state index contributed by atoms with van der Waals surface area (Å²) in [6, 6.07) is 10.8. The second kappa shape index (κ2) is 9.24. The van der Waals surface area contributed by atoms with E-state index in [1.165, 1.54) is 42.6 Å². The predicted molar refractivity (Wildman–Crippen MR) is 115 cm³/mol. The summed E-state index contributed by atoms with van der Waals surface area (Å²) in [6.07, 6.45) is 1.51. The third kappa shape index (κ3) is 5.56. The Labute approximate surface area is 178 Å². The molecule has 2 aromatic carbocycles. The van der Waals surface area contributed by atoms with Crippen LogP contribution in [0.3, 0.4) is 0 Å². The van der Waals surface area contributed by atoms with Gasteiger partial charge in [-0.15, -0.1) is 11.3 Å². The number of nitrogens with one attached hydrogen (secondary N) is 2. The lowest BCUT2D eigenvalue weighted by atomic mass is 10.2. The van der Waals surface area contributed by atoms with Gasteiger partial charge in [-0.3, -0.25) is 10.1 Å². The van der Waals surface area contributed by atoms with Gasteiger partial charge in [0.05, 0.1) is 11.0 Å². The number of amides is 1. The summed E-state index contributed by atoms with van der Waals surface area (Å²) in [5.74, 6) is 0.917. The fraction of sp³-hybridized carbons (Fsp3) is 0.200. The Bertz CT molecular complexity index is 1110. The molecule has 0 radical (unpaired) electrons. The fourth-order valence-corrected chi connectivity index (χ4v) is 3.75. The Morgan fingerprint density at radius 3 is 2.37 bits per heavy atom. The van der Waals surface area contributed by atoms with Crippen LogP contribution >= 0.6 is 11.3 Å². The number of rotatable bonds is 8. The van der Waals surface area contributed by atoms with Gasteiger partial charge < -0.3 is 9.47 Å². The Morgan fingerprint density at radius 2 is 1.77 bits per heavy atom. The molecule has 0 saturated heterocycles. The highest BCUT2D eigenvalue weighted by Gasteiger charge is 2.14. The number of benzene rings is 2. The molecule has 0 atom stereocenters. The van der Waals surface area contributed by atoms with Crippen LogP contribution in [0, 0.1) is 0 Å². The topological polar surface area (TPSA) is 107 Å². The second-order valence-electron chi connectivity index (χ2n) is 6.43. The van der Waals surface area contributed by atoms with E-state index in [-0.39, 0.29) is 16.9 Å². The Kier molecular flexibility index (Phi) is 6.70. The van der Waals surface area contributed by atoms with Crippen LogP contribution < -0.4 is 19.5 Å². The number of sulfonamides is 1. The second-order valence-corrected chi connectivity index (χ2v) is 9.21. The maximum absolute atomic E-state index is 12.6. The summed E-state index contributed by atoms with van der Waals surface area (Å²) in [7, 11) is -2.19. The van der Waals surface area contributed by atoms with E-state index >= 15 is 0 Å². The molecule has 0 unspecified atom stereocenters. The molecule has 1 aromatic heterocycles. The fourth-order valence-electron chi connectivity index (χ4n) is 2.50. The van der Waals surface area contributed by atoms with Crippen molar-refractivity contribution in [2.45, 2.75) is 24.8 Å². The number of anilines is 1. The van der Waals surface area contributed by atoms with Crippen LogP contribution in [0.5, 0.6) is 17.2 Å². The standard InChI is InChI=1S/C20H21N3O5S2/c1-13(2)27-16-10-14(19(24)23-20-22-8-9-29-20)11-17(12-16)28-15-4-6-18(7-5-15)30(25,26)21-3/h4-13,21H,1-3H3,(H,22,23,24). The van der Waals surface area contributed by atoms with Crippen molar-refractivity contribution in [1.82, 2.24) is 9.71 Å². The van der Waals surface area contributed by atoms with Crippen molar-refractivity contribution in [3.05, 3.63) is 59.6 Å². The zero-order chi connectivity index (χ0) is 21.7. The molecule has 3 aromatic rings. The van der Waals surface area contributed by atoms with Crippen LogP contribution in [0.2, 0.25) is 0 Å². The number of ether oxygens (including phenoxy) is 2. The van der Waals surface area contributed by atoms with E-state index in [1.807, 2.05) is 13.8 Å². The highest BCUT2D eigenvalue weighted by Crippen LogP contribution is 2.29. The van der Waals surface area contributed by atoms with Crippen molar-refractivity contribution < 1.29 is 22.7 Å². The van der Waals surface area contributed by atoms with Gasteiger partial charge in [-0.05, 0) is 57.3 Å². The molecular formula is C20H21N3O5S2. The zero-order valence-electron chi connectivity index (χ0n) is 16.6. The van der Waals surface area contributed by atoms with E-state index in [4.69, 9.17) is 9.47 Å². The molecular weight excluding hydrogens is 426 g/mol. The Morgan fingerprint density at radius 1 is 1.07 bits per heavy atom. The lowest BCUT2D eigenvalue weighted by Crippen LogP contribution is -2.18. The van der Waals surface area contributed by atoms with Gasteiger partial charge in [-0.25, -0.2) is 18.1 Å². The van der Waals surface area contributed by atoms with Crippen LogP contribution in [-0.2, 0) is 10.0 Å². The van der Waals surface area contributed by atoms with Crippen LogP contribution in [0.25, 0.3) is 0 Å². The highest BCUT2D eigenvalue weighted by molar-refractivity contribution is 7.89. The third-order valence-corrected chi connectivity index (χ3v) is 5.92. The first kappa shape index (κ1) is 21.8. The van der Waals surface area contributed by atoms with Crippen molar-refractivity contribution in [2.75, 3.05) is 12.4 Å². The van der Waals surface area contributed by atoms with Crippen LogP contribution in [0.15, 0.2) is 58.9 Å². The van der Waals surface area contributed by atoms with E-state index in [9.17, 15) is 13.2 Å².